The lowest BCUT2D eigenvalue weighted by Gasteiger charge is -2.29. The molecule has 134 valence electrons. The number of hydrogen-bond acceptors (Lipinski definition) is 4. The highest BCUT2D eigenvalue weighted by atomic mass is 16.2. The summed E-state index contributed by atoms with van der Waals surface area (Å²) in [6.07, 6.45) is 3.93. The Morgan fingerprint density at radius 2 is 1.80 bits per heavy atom. The lowest BCUT2D eigenvalue weighted by atomic mass is 9.90. The van der Waals surface area contributed by atoms with Gasteiger partial charge in [-0.05, 0) is 43.4 Å². The Balaban J connectivity index is 1.53. The van der Waals surface area contributed by atoms with E-state index in [-0.39, 0.29) is 36.2 Å². The van der Waals surface area contributed by atoms with Crippen LogP contribution in [-0.2, 0) is 16.0 Å². The van der Waals surface area contributed by atoms with Crippen molar-refractivity contribution < 1.29 is 14.4 Å². The molecule has 1 fully saturated rings. The van der Waals surface area contributed by atoms with Gasteiger partial charge in [-0.2, -0.15) is 0 Å². The topological polar surface area (TPSA) is 113 Å². The normalized spacial score (nSPS) is 22.0. The maximum Gasteiger partial charge on any atom is 0.251 e. The average Bonchev–Trinajstić information content (AvgIpc) is 2.96. The summed E-state index contributed by atoms with van der Waals surface area (Å²) >= 11 is 0. The third-order valence-corrected chi connectivity index (χ3v) is 4.83. The molecule has 0 saturated heterocycles. The molecule has 1 saturated carbocycles. The molecule has 25 heavy (non-hydrogen) atoms. The van der Waals surface area contributed by atoms with E-state index in [1.807, 2.05) is 6.07 Å². The van der Waals surface area contributed by atoms with Gasteiger partial charge in [0.05, 0.1) is 6.42 Å². The van der Waals surface area contributed by atoms with Crippen LogP contribution in [0.3, 0.4) is 0 Å². The summed E-state index contributed by atoms with van der Waals surface area (Å²) in [5, 5.41) is 8.82. The van der Waals surface area contributed by atoms with E-state index in [4.69, 9.17) is 5.73 Å². The summed E-state index contributed by atoms with van der Waals surface area (Å²) in [6, 6.07) is 5.61. The molecule has 1 aliphatic heterocycles. The zero-order chi connectivity index (χ0) is 17.8. The zero-order valence-electron chi connectivity index (χ0n) is 14.1. The molecule has 0 atom stereocenters. The van der Waals surface area contributed by atoms with E-state index in [0.717, 1.165) is 36.9 Å². The second-order valence-electron chi connectivity index (χ2n) is 6.68. The fourth-order valence-electron chi connectivity index (χ4n) is 3.54. The van der Waals surface area contributed by atoms with Gasteiger partial charge in [-0.15, -0.1) is 0 Å². The molecule has 0 radical (unpaired) electrons. The first-order chi connectivity index (χ1) is 12.1. The van der Waals surface area contributed by atoms with E-state index in [1.165, 1.54) is 0 Å². The highest BCUT2D eigenvalue weighted by Crippen LogP contribution is 2.27. The number of amides is 3. The van der Waals surface area contributed by atoms with Crippen LogP contribution in [0.4, 0.5) is 5.69 Å². The standard InChI is InChI=1S/C18H24N4O3/c19-9-8-16(23)20-11-4-6-12(7-5-11)21-18(25)13-2-1-3-15-14(13)10-17(24)22-15/h1-3,11-12H,4-10,19H2,(H,20,23)(H,21,25)(H,22,24). The molecule has 7 nitrogen and oxygen atoms in total. The number of nitrogens with one attached hydrogen (secondary N) is 3. The number of carbonyl (C=O) groups excluding carboxylic acids is 3. The van der Waals surface area contributed by atoms with Crippen molar-refractivity contribution in [3.63, 3.8) is 0 Å². The molecule has 3 rings (SSSR count). The van der Waals surface area contributed by atoms with Crippen LogP contribution in [0.5, 0.6) is 0 Å². The van der Waals surface area contributed by atoms with E-state index < -0.39 is 0 Å². The van der Waals surface area contributed by atoms with Crippen molar-refractivity contribution in [3.05, 3.63) is 29.3 Å². The summed E-state index contributed by atoms with van der Waals surface area (Å²) in [4.78, 5) is 35.7. The van der Waals surface area contributed by atoms with Crippen LogP contribution in [0.15, 0.2) is 18.2 Å². The quantitative estimate of drug-likeness (QED) is 0.629. The Kier molecular flexibility index (Phi) is 5.33. The maximum atomic E-state index is 12.6. The molecular formula is C18H24N4O3. The van der Waals surface area contributed by atoms with Crippen LogP contribution in [0, 0.1) is 0 Å². The van der Waals surface area contributed by atoms with Gasteiger partial charge in [0.2, 0.25) is 11.8 Å². The van der Waals surface area contributed by atoms with Gasteiger partial charge in [0, 0.05) is 36.3 Å². The first kappa shape index (κ1) is 17.4. The van der Waals surface area contributed by atoms with Crippen molar-refractivity contribution in [3.8, 4) is 0 Å². The van der Waals surface area contributed by atoms with E-state index in [2.05, 4.69) is 16.0 Å². The number of nitrogens with two attached hydrogens (primary N) is 1. The second-order valence-corrected chi connectivity index (χ2v) is 6.68. The number of fused-ring (bicyclic) bond motifs is 1. The van der Waals surface area contributed by atoms with Crippen molar-refractivity contribution in [2.75, 3.05) is 11.9 Å². The third kappa shape index (κ3) is 4.17. The predicted octanol–water partition coefficient (Wildman–Crippen LogP) is 0.687. The molecule has 0 spiro atoms. The van der Waals surface area contributed by atoms with E-state index in [9.17, 15) is 14.4 Å². The minimum Gasteiger partial charge on any atom is -0.353 e. The van der Waals surface area contributed by atoms with Gasteiger partial charge in [0.1, 0.15) is 0 Å². The van der Waals surface area contributed by atoms with Gasteiger partial charge in [-0.25, -0.2) is 0 Å². The second kappa shape index (κ2) is 7.65. The van der Waals surface area contributed by atoms with E-state index in [0.29, 0.717) is 18.5 Å². The highest BCUT2D eigenvalue weighted by Gasteiger charge is 2.27. The fourth-order valence-corrected chi connectivity index (χ4v) is 3.54. The first-order valence-electron chi connectivity index (χ1n) is 8.79. The fraction of sp³-hybridized carbons (Fsp3) is 0.500. The molecule has 0 aromatic heterocycles. The molecule has 1 heterocycles. The molecule has 1 aliphatic carbocycles. The van der Waals surface area contributed by atoms with Gasteiger partial charge in [-0.3, -0.25) is 14.4 Å². The molecule has 7 heteroatoms. The average molecular weight is 344 g/mol. The molecule has 1 aromatic carbocycles. The van der Waals surface area contributed by atoms with Crippen LogP contribution in [0.25, 0.3) is 0 Å². The maximum absolute atomic E-state index is 12.6. The van der Waals surface area contributed by atoms with Gasteiger partial charge < -0.3 is 21.7 Å². The lowest BCUT2D eigenvalue weighted by molar-refractivity contribution is -0.121. The Morgan fingerprint density at radius 3 is 2.48 bits per heavy atom. The Hall–Kier alpha value is -2.41. The number of anilines is 1. The summed E-state index contributed by atoms with van der Waals surface area (Å²) in [5.74, 6) is -0.222. The largest absolute Gasteiger partial charge is 0.353 e. The van der Waals surface area contributed by atoms with E-state index in [1.54, 1.807) is 12.1 Å². The van der Waals surface area contributed by atoms with Crippen LogP contribution in [-0.4, -0.2) is 36.3 Å². The Bertz CT molecular complexity index is 681. The van der Waals surface area contributed by atoms with Crippen LogP contribution < -0.4 is 21.7 Å². The summed E-state index contributed by atoms with van der Waals surface area (Å²) in [7, 11) is 0. The smallest absolute Gasteiger partial charge is 0.251 e. The van der Waals surface area contributed by atoms with Crippen molar-refractivity contribution in [2.24, 2.45) is 5.73 Å². The third-order valence-electron chi connectivity index (χ3n) is 4.83. The first-order valence-corrected chi connectivity index (χ1v) is 8.79. The monoisotopic (exact) mass is 344 g/mol. The van der Waals surface area contributed by atoms with Crippen molar-refractivity contribution >= 4 is 23.4 Å². The number of benzene rings is 1. The number of carbonyl (C=O) groups is 3. The van der Waals surface area contributed by atoms with Crippen molar-refractivity contribution in [1.29, 1.82) is 0 Å². The van der Waals surface area contributed by atoms with Crippen LogP contribution in [0.2, 0.25) is 0 Å². The van der Waals surface area contributed by atoms with Crippen LogP contribution >= 0.6 is 0 Å². The number of rotatable bonds is 5. The molecule has 0 bridgehead atoms. The summed E-state index contributed by atoms with van der Waals surface area (Å²) in [6.45, 7) is 0.357. The summed E-state index contributed by atoms with van der Waals surface area (Å²) < 4.78 is 0. The highest BCUT2D eigenvalue weighted by molar-refractivity contribution is 6.05. The number of hydrogen-bond donors (Lipinski definition) is 4. The van der Waals surface area contributed by atoms with Gasteiger partial charge in [0.25, 0.3) is 5.91 Å². The van der Waals surface area contributed by atoms with Crippen LogP contribution in [0.1, 0.15) is 48.0 Å². The van der Waals surface area contributed by atoms with Gasteiger partial charge >= 0.3 is 0 Å². The Labute approximate surface area is 146 Å². The van der Waals surface area contributed by atoms with Gasteiger partial charge in [-0.1, -0.05) is 6.07 Å². The Morgan fingerprint density at radius 1 is 1.12 bits per heavy atom. The van der Waals surface area contributed by atoms with E-state index >= 15 is 0 Å². The van der Waals surface area contributed by atoms with Crippen molar-refractivity contribution in [1.82, 2.24) is 10.6 Å². The minimum atomic E-state index is -0.135. The molecule has 0 unspecified atom stereocenters. The minimum absolute atomic E-state index is 0.00741. The van der Waals surface area contributed by atoms with Crippen molar-refractivity contribution in [2.45, 2.75) is 50.6 Å². The molecule has 5 N–H and O–H groups in total. The molecular weight excluding hydrogens is 320 g/mol. The van der Waals surface area contributed by atoms with Gasteiger partial charge in [0.15, 0.2) is 0 Å². The SMILES string of the molecule is NCCC(=O)NC1CCC(NC(=O)c2cccc3c2CC(=O)N3)CC1. The lowest BCUT2D eigenvalue weighted by Crippen LogP contribution is -2.44. The zero-order valence-corrected chi connectivity index (χ0v) is 14.1. The molecule has 3 amide bonds. The predicted molar refractivity (Wildman–Crippen MR) is 94.1 cm³/mol. The molecule has 2 aliphatic rings. The molecule has 1 aromatic rings. The summed E-state index contributed by atoms with van der Waals surface area (Å²) in [5.41, 5.74) is 7.44.